The molecule has 0 bridgehead atoms. The van der Waals surface area contributed by atoms with Gasteiger partial charge in [-0.05, 0) is 24.5 Å². The molecule has 5 heteroatoms. The molecule has 1 heterocycles. The van der Waals surface area contributed by atoms with E-state index in [9.17, 15) is 13.5 Å². The molecule has 1 saturated heterocycles. The first-order chi connectivity index (χ1) is 8.01. The van der Waals surface area contributed by atoms with Crippen LogP contribution in [0.25, 0.3) is 0 Å². The van der Waals surface area contributed by atoms with Crippen LogP contribution in [-0.4, -0.2) is 37.0 Å². The molecule has 1 aliphatic heterocycles. The van der Waals surface area contributed by atoms with Crippen LogP contribution in [0.1, 0.15) is 13.3 Å². The SMILES string of the molecule is C[C@H]1CN(S(=O)(=O)c2ccccc2)CC[C@@H]1O. The van der Waals surface area contributed by atoms with Gasteiger partial charge in [0, 0.05) is 13.1 Å². The van der Waals surface area contributed by atoms with Crippen molar-refractivity contribution < 1.29 is 13.5 Å². The van der Waals surface area contributed by atoms with Crippen molar-refractivity contribution in [3.8, 4) is 0 Å². The van der Waals surface area contributed by atoms with Crippen molar-refractivity contribution in [2.45, 2.75) is 24.3 Å². The molecule has 1 N–H and O–H groups in total. The molecule has 1 aromatic rings. The van der Waals surface area contributed by atoms with Gasteiger partial charge in [-0.15, -0.1) is 0 Å². The Kier molecular flexibility index (Phi) is 3.51. The summed E-state index contributed by atoms with van der Waals surface area (Å²) in [5, 5.41) is 9.61. The van der Waals surface area contributed by atoms with Gasteiger partial charge in [0.05, 0.1) is 11.0 Å². The zero-order valence-electron chi connectivity index (χ0n) is 9.78. The molecule has 1 aliphatic rings. The maximum absolute atomic E-state index is 12.3. The minimum Gasteiger partial charge on any atom is -0.393 e. The summed E-state index contributed by atoms with van der Waals surface area (Å²) in [5.41, 5.74) is 0. The summed E-state index contributed by atoms with van der Waals surface area (Å²) >= 11 is 0. The molecule has 4 nitrogen and oxygen atoms in total. The Hall–Kier alpha value is -0.910. The Balaban J connectivity index is 2.23. The number of nitrogens with zero attached hydrogens (tertiary/aromatic N) is 1. The number of rotatable bonds is 2. The summed E-state index contributed by atoms with van der Waals surface area (Å²) < 4.78 is 26.0. The average molecular weight is 255 g/mol. The van der Waals surface area contributed by atoms with E-state index in [-0.39, 0.29) is 5.92 Å². The standard InChI is InChI=1S/C12H17NO3S/c1-10-9-13(8-7-12(10)14)17(15,16)11-5-3-2-4-6-11/h2-6,10,12,14H,7-9H2,1H3/t10-,12-/m0/s1. The lowest BCUT2D eigenvalue weighted by molar-refractivity contribution is 0.0628. The summed E-state index contributed by atoms with van der Waals surface area (Å²) in [4.78, 5) is 0.323. The van der Waals surface area contributed by atoms with E-state index < -0.39 is 16.1 Å². The molecule has 1 aromatic carbocycles. The summed E-state index contributed by atoms with van der Waals surface area (Å²) in [7, 11) is -3.40. The fourth-order valence-corrected chi connectivity index (χ4v) is 3.63. The van der Waals surface area contributed by atoms with Crippen LogP contribution >= 0.6 is 0 Å². The minimum atomic E-state index is -3.40. The van der Waals surface area contributed by atoms with Crippen molar-refractivity contribution in [2.75, 3.05) is 13.1 Å². The van der Waals surface area contributed by atoms with Gasteiger partial charge in [0.25, 0.3) is 0 Å². The zero-order valence-corrected chi connectivity index (χ0v) is 10.6. The Morgan fingerprint density at radius 3 is 2.53 bits per heavy atom. The number of piperidine rings is 1. The van der Waals surface area contributed by atoms with Gasteiger partial charge >= 0.3 is 0 Å². The smallest absolute Gasteiger partial charge is 0.243 e. The molecule has 2 rings (SSSR count). The van der Waals surface area contributed by atoms with Crippen LogP contribution < -0.4 is 0 Å². The number of sulfonamides is 1. The Labute approximate surface area is 102 Å². The third-order valence-electron chi connectivity index (χ3n) is 3.20. The second-order valence-electron chi connectivity index (χ2n) is 4.51. The van der Waals surface area contributed by atoms with Gasteiger partial charge in [0.15, 0.2) is 0 Å². The first kappa shape index (κ1) is 12.5. The topological polar surface area (TPSA) is 57.6 Å². The predicted octanol–water partition coefficient (Wildman–Crippen LogP) is 1.08. The van der Waals surface area contributed by atoms with Gasteiger partial charge in [-0.3, -0.25) is 0 Å². The fraction of sp³-hybridized carbons (Fsp3) is 0.500. The Morgan fingerprint density at radius 1 is 1.29 bits per heavy atom. The lowest BCUT2D eigenvalue weighted by atomic mass is 9.99. The van der Waals surface area contributed by atoms with E-state index in [1.54, 1.807) is 30.3 Å². The van der Waals surface area contributed by atoms with Crippen molar-refractivity contribution in [3.05, 3.63) is 30.3 Å². The maximum atomic E-state index is 12.3. The number of aliphatic hydroxyl groups excluding tert-OH is 1. The number of hydrogen-bond acceptors (Lipinski definition) is 3. The second-order valence-corrected chi connectivity index (χ2v) is 6.45. The van der Waals surface area contributed by atoms with E-state index >= 15 is 0 Å². The lowest BCUT2D eigenvalue weighted by Crippen LogP contribution is -2.44. The highest BCUT2D eigenvalue weighted by atomic mass is 32.2. The van der Waals surface area contributed by atoms with Crippen molar-refractivity contribution >= 4 is 10.0 Å². The molecule has 0 unspecified atom stereocenters. The first-order valence-electron chi connectivity index (χ1n) is 5.75. The average Bonchev–Trinajstić information content (AvgIpc) is 2.33. The van der Waals surface area contributed by atoms with Crippen LogP contribution in [0.4, 0.5) is 0 Å². The van der Waals surface area contributed by atoms with E-state index in [4.69, 9.17) is 0 Å². The molecule has 0 saturated carbocycles. The largest absolute Gasteiger partial charge is 0.393 e. The number of hydrogen-bond donors (Lipinski definition) is 1. The number of aliphatic hydroxyl groups is 1. The van der Waals surface area contributed by atoms with Gasteiger partial charge in [0.1, 0.15) is 0 Å². The number of benzene rings is 1. The lowest BCUT2D eigenvalue weighted by Gasteiger charge is -2.33. The molecule has 1 fully saturated rings. The van der Waals surface area contributed by atoms with Crippen LogP contribution in [-0.2, 0) is 10.0 Å². The van der Waals surface area contributed by atoms with Crippen molar-refractivity contribution in [2.24, 2.45) is 5.92 Å². The maximum Gasteiger partial charge on any atom is 0.243 e. The van der Waals surface area contributed by atoms with E-state index in [1.807, 2.05) is 6.92 Å². The molecule has 0 radical (unpaired) electrons. The van der Waals surface area contributed by atoms with E-state index in [0.717, 1.165) is 0 Å². The highest BCUT2D eigenvalue weighted by Gasteiger charge is 2.32. The summed E-state index contributed by atoms with van der Waals surface area (Å²) in [6.45, 7) is 2.65. The summed E-state index contributed by atoms with van der Waals surface area (Å²) in [5.74, 6) is -0.0118. The van der Waals surface area contributed by atoms with Crippen molar-refractivity contribution in [3.63, 3.8) is 0 Å². The molecule has 2 atom stereocenters. The summed E-state index contributed by atoms with van der Waals surface area (Å²) in [6, 6.07) is 8.43. The Bertz CT molecular complexity index is 472. The highest BCUT2D eigenvalue weighted by Crippen LogP contribution is 2.23. The molecule has 0 aromatic heterocycles. The molecule has 0 amide bonds. The van der Waals surface area contributed by atoms with Crippen molar-refractivity contribution in [1.82, 2.24) is 4.31 Å². The van der Waals surface area contributed by atoms with E-state index in [0.29, 0.717) is 24.4 Å². The fourth-order valence-electron chi connectivity index (χ4n) is 2.05. The molecular formula is C12H17NO3S. The van der Waals surface area contributed by atoms with Crippen molar-refractivity contribution in [1.29, 1.82) is 0 Å². The van der Waals surface area contributed by atoms with Gasteiger partial charge in [0.2, 0.25) is 10.0 Å². The third-order valence-corrected chi connectivity index (χ3v) is 5.08. The summed E-state index contributed by atoms with van der Waals surface area (Å²) in [6.07, 6.45) is 0.116. The second kappa shape index (κ2) is 4.76. The zero-order chi connectivity index (χ0) is 12.5. The van der Waals surface area contributed by atoms with Crippen LogP contribution in [0, 0.1) is 5.92 Å². The third kappa shape index (κ3) is 2.51. The van der Waals surface area contributed by atoms with Crippen LogP contribution in [0.2, 0.25) is 0 Å². The van der Waals surface area contributed by atoms with E-state index in [1.165, 1.54) is 4.31 Å². The monoisotopic (exact) mass is 255 g/mol. The highest BCUT2D eigenvalue weighted by molar-refractivity contribution is 7.89. The van der Waals surface area contributed by atoms with Gasteiger partial charge in [-0.2, -0.15) is 4.31 Å². The van der Waals surface area contributed by atoms with Gasteiger partial charge in [-0.25, -0.2) is 8.42 Å². The van der Waals surface area contributed by atoms with Crippen LogP contribution in [0.5, 0.6) is 0 Å². The molecule has 0 spiro atoms. The minimum absolute atomic E-state index is 0.0118. The quantitative estimate of drug-likeness (QED) is 0.860. The molecule has 17 heavy (non-hydrogen) atoms. The normalized spacial score (nSPS) is 26.9. The molecular weight excluding hydrogens is 238 g/mol. The first-order valence-corrected chi connectivity index (χ1v) is 7.19. The molecule has 94 valence electrons. The predicted molar refractivity (Wildman–Crippen MR) is 65.0 cm³/mol. The van der Waals surface area contributed by atoms with Gasteiger partial charge in [-0.1, -0.05) is 25.1 Å². The van der Waals surface area contributed by atoms with E-state index in [2.05, 4.69) is 0 Å². The van der Waals surface area contributed by atoms with Crippen LogP contribution in [0.15, 0.2) is 35.2 Å². The van der Waals surface area contributed by atoms with Gasteiger partial charge < -0.3 is 5.11 Å². The van der Waals surface area contributed by atoms with Crippen LogP contribution in [0.3, 0.4) is 0 Å². The molecule has 0 aliphatic carbocycles. The Morgan fingerprint density at radius 2 is 1.94 bits per heavy atom.